The van der Waals surface area contributed by atoms with E-state index in [1.807, 2.05) is 9.47 Å². The fraction of sp³-hybridized carbons (Fsp3) is 0.458. The molecule has 0 spiro atoms. The molecule has 2 aliphatic heterocycles. The summed E-state index contributed by atoms with van der Waals surface area (Å²) in [6, 6.07) is 1.42. The van der Waals surface area contributed by atoms with Crippen LogP contribution >= 0.6 is 11.8 Å². The molecule has 0 unspecified atom stereocenters. The van der Waals surface area contributed by atoms with Crippen LogP contribution in [0.3, 0.4) is 0 Å². The van der Waals surface area contributed by atoms with Gasteiger partial charge in [-0.05, 0) is 38.0 Å². The number of esters is 1. The minimum absolute atomic E-state index is 0.105. The summed E-state index contributed by atoms with van der Waals surface area (Å²) in [6.45, 7) is 4.45. The van der Waals surface area contributed by atoms with E-state index in [1.54, 1.807) is 31.8 Å². The van der Waals surface area contributed by atoms with Crippen molar-refractivity contribution in [1.82, 2.24) is 4.57 Å². The molecule has 0 bridgehead atoms. The second kappa shape index (κ2) is 8.57. The molecule has 1 fully saturated rings. The van der Waals surface area contributed by atoms with Crippen LogP contribution in [0.2, 0.25) is 0 Å². The molecule has 1 saturated carbocycles. The molecule has 3 heterocycles. The molecule has 34 heavy (non-hydrogen) atoms. The summed E-state index contributed by atoms with van der Waals surface area (Å²) >= 11 is 1.70. The number of rotatable bonds is 5. The Morgan fingerprint density at radius 1 is 1.29 bits per heavy atom. The monoisotopic (exact) mass is 483 g/mol. The van der Waals surface area contributed by atoms with E-state index < -0.39 is 16.3 Å². The molecule has 0 saturated heterocycles. The van der Waals surface area contributed by atoms with Gasteiger partial charge >= 0.3 is 5.97 Å². The summed E-state index contributed by atoms with van der Waals surface area (Å²) < 4.78 is 6.97. The minimum Gasteiger partial charge on any atom is -0.462 e. The summed E-state index contributed by atoms with van der Waals surface area (Å²) in [5.41, 5.74) is 1.53. The maximum Gasteiger partial charge on any atom is 0.343 e. The predicted octanol–water partition coefficient (Wildman–Crippen LogP) is 3.90. The van der Waals surface area contributed by atoms with Gasteiger partial charge in [0, 0.05) is 54.7 Å². The maximum atomic E-state index is 13.3. The Bertz CT molecular complexity index is 1340. The van der Waals surface area contributed by atoms with Crippen molar-refractivity contribution in [2.45, 2.75) is 45.6 Å². The highest BCUT2D eigenvalue weighted by Crippen LogP contribution is 2.44. The SMILES string of the molecule is CCOC(=O)c1cn(C2CC2)c2c(C)c(N3CCC4=C(C3)C(=O)CCS4)c([N+](=O)[O-])cc2c1=O. The van der Waals surface area contributed by atoms with Gasteiger partial charge < -0.3 is 14.2 Å². The zero-order chi connectivity index (χ0) is 24.1. The van der Waals surface area contributed by atoms with Crippen LogP contribution in [0.5, 0.6) is 0 Å². The normalized spacial score (nSPS) is 18.3. The van der Waals surface area contributed by atoms with Crippen LogP contribution in [0.25, 0.3) is 10.9 Å². The lowest BCUT2D eigenvalue weighted by molar-refractivity contribution is -0.384. The molecule has 2 aromatic rings. The number of nitro benzene ring substituents is 1. The van der Waals surface area contributed by atoms with E-state index in [2.05, 4.69) is 0 Å². The average molecular weight is 484 g/mol. The molecule has 1 aromatic carbocycles. The van der Waals surface area contributed by atoms with E-state index >= 15 is 0 Å². The molecule has 0 amide bonds. The summed E-state index contributed by atoms with van der Waals surface area (Å²) in [5.74, 6) is 0.161. The number of nitro groups is 1. The van der Waals surface area contributed by atoms with Crippen molar-refractivity contribution in [3.63, 3.8) is 0 Å². The number of fused-ring (bicyclic) bond motifs is 1. The molecule has 9 nitrogen and oxygen atoms in total. The number of aromatic nitrogens is 1. The number of thioether (sulfide) groups is 1. The van der Waals surface area contributed by atoms with Gasteiger partial charge in [0.05, 0.1) is 22.4 Å². The molecular formula is C24H25N3O6S. The van der Waals surface area contributed by atoms with Gasteiger partial charge in [-0.1, -0.05) is 0 Å². The number of ether oxygens (including phenoxy) is 1. The van der Waals surface area contributed by atoms with E-state index in [9.17, 15) is 24.5 Å². The number of Topliss-reactive ketones (excluding diaryl/α,β-unsaturated/α-hetero) is 1. The maximum absolute atomic E-state index is 13.3. The molecule has 1 aromatic heterocycles. The summed E-state index contributed by atoms with van der Waals surface area (Å²) in [4.78, 5) is 53.0. The predicted molar refractivity (Wildman–Crippen MR) is 130 cm³/mol. The average Bonchev–Trinajstić information content (AvgIpc) is 3.65. The van der Waals surface area contributed by atoms with Crippen molar-refractivity contribution < 1.29 is 19.2 Å². The Labute approximate surface area is 199 Å². The van der Waals surface area contributed by atoms with Crippen LogP contribution in [-0.4, -0.2) is 46.7 Å². The van der Waals surface area contributed by atoms with E-state index in [0.717, 1.165) is 29.1 Å². The van der Waals surface area contributed by atoms with E-state index in [-0.39, 0.29) is 35.1 Å². The molecule has 5 rings (SSSR count). The van der Waals surface area contributed by atoms with E-state index in [1.165, 1.54) is 6.07 Å². The molecule has 0 N–H and O–H groups in total. The van der Waals surface area contributed by atoms with Crippen LogP contribution < -0.4 is 10.3 Å². The molecule has 0 radical (unpaired) electrons. The number of nitrogens with zero attached hydrogens (tertiary/aromatic N) is 3. The Balaban J connectivity index is 1.73. The number of pyridine rings is 1. The topological polar surface area (TPSA) is 112 Å². The fourth-order valence-corrected chi connectivity index (χ4v) is 6.11. The van der Waals surface area contributed by atoms with Crippen LogP contribution in [0, 0.1) is 17.0 Å². The lowest BCUT2D eigenvalue weighted by Crippen LogP contribution is -2.36. The number of aryl methyl sites for hydroxylation is 1. The summed E-state index contributed by atoms with van der Waals surface area (Å²) in [7, 11) is 0. The number of benzene rings is 1. The Hall–Kier alpha value is -3.14. The first-order valence-corrected chi connectivity index (χ1v) is 12.5. The number of carbonyl (C=O) groups is 2. The van der Waals surface area contributed by atoms with Crippen molar-refractivity contribution >= 4 is 45.8 Å². The van der Waals surface area contributed by atoms with Crippen LogP contribution in [-0.2, 0) is 9.53 Å². The number of ketones is 1. The third kappa shape index (κ3) is 3.70. The first-order chi connectivity index (χ1) is 16.3. The standard InChI is InChI=1S/C24H25N3O6S/c1-3-33-24(30)17-12-26(14-4-5-14)21-13(2)22(18(27(31)32)10-15(21)23(17)29)25-8-6-20-16(11-25)19(28)7-9-34-20/h10,12,14H,3-9,11H2,1-2H3. The van der Waals surface area contributed by atoms with Crippen LogP contribution in [0.1, 0.15) is 54.6 Å². The Morgan fingerprint density at radius 2 is 2.06 bits per heavy atom. The largest absolute Gasteiger partial charge is 0.462 e. The zero-order valence-electron chi connectivity index (χ0n) is 19.1. The molecule has 3 aliphatic rings. The summed E-state index contributed by atoms with van der Waals surface area (Å²) in [6.07, 6.45) is 4.49. The van der Waals surface area contributed by atoms with Crippen molar-refractivity contribution in [3.05, 3.63) is 54.2 Å². The number of hydrogen-bond donors (Lipinski definition) is 0. The Kier molecular flexibility index (Phi) is 5.71. The fourth-order valence-electron chi connectivity index (χ4n) is 4.98. The second-order valence-electron chi connectivity index (χ2n) is 8.85. The van der Waals surface area contributed by atoms with Gasteiger partial charge in [-0.2, -0.15) is 0 Å². The van der Waals surface area contributed by atoms with Gasteiger partial charge in [-0.3, -0.25) is 19.7 Å². The van der Waals surface area contributed by atoms with Crippen molar-refractivity contribution in [2.75, 3.05) is 30.3 Å². The van der Waals surface area contributed by atoms with Crippen LogP contribution in [0.4, 0.5) is 11.4 Å². The van der Waals surface area contributed by atoms with Gasteiger partial charge in [0.2, 0.25) is 5.43 Å². The zero-order valence-corrected chi connectivity index (χ0v) is 19.9. The van der Waals surface area contributed by atoms with Crippen molar-refractivity contribution in [1.29, 1.82) is 0 Å². The van der Waals surface area contributed by atoms with E-state index in [0.29, 0.717) is 42.7 Å². The molecule has 178 valence electrons. The first kappa shape index (κ1) is 22.6. The highest BCUT2D eigenvalue weighted by atomic mass is 32.2. The second-order valence-corrected chi connectivity index (χ2v) is 10.0. The lowest BCUT2D eigenvalue weighted by atomic mass is 9.98. The first-order valence-electron chi connectivity index (χ1n) is 11.5. The summed E-state index contributed by atoms with van der Waals surface area (Å²) in [5, 5.41) is 12.3. The molecule has 0 atom stereocenters. The quantitative estimate of drug-likeness (QED) is 0.358. The third-order valence-corrected chi connectivity index (χ3v) is 7.90. The number of anilines is 1. The van der Waals surface area contributed by atoms with Crippen molar-refractivity contribution in [2.24, 2.45) is 0 Å². The van der Waals surface area contributed by atoms with Gasteiger partial charge in [0.1, 0.15) is 11.3 Å². The molecule has 1 aliphatic carbocycles. The van der Waals surface area contributed by atoms with Gasteiger partial charge in [0.25, 0.3) is 5.69 Å². The van der Waals surface area contributed by atoms with Crippen molar-refractivity contribution in [3.8, 4) is 0 Å². The molecule has 10 heteroatoms. The number of hydrogen-bond acceptors (Lipinski definition) is 8. The van der Waals surface area contributed by atoms with Gasteiger partial charge in [0.15, 0.2) is 5.78 Å². The van der Waals surface area contributed by atoms with E-state index in [4.69, 9.17) is 4.74 Å². The number of carbonyl (C=O) groups excluding carboxylic acids is 2. The minimum atomic E-state index is -0.725. The smallest absolute Gasteiger partial charge is 0.343 e. The van der Waals surface area contributed by atoms with Crippen LogP contribution in [0.15, 0.2) is 27.5 Å². The van der Waals surface area contributed by atoms with Gasteiger partial charge in [-0.15, -0.1) is 11.8 Å². The highest BCUT2D eigenvalue weighted by Gasteiger charge is 2.35. The third-order valence-electron chi connectivity index (χ3n) is 6.69. The lowest BCUT2D eigenvalue weighted by Gasteiger charge is -2.34. The molecular weight excluding hydrogens is 458 g/mol. The highest BCUT2D eigenvalue weighted by molar-refractivity contribution is 8.03. The van der Waals surface area contributed by atoms with Gasteiger partial charge in [-0.25, -0.2) is 4.79 Å². The Morgan fingerprint density at radius 3 is 2.74 bits per heavy atom.